The van der Waals surface area contributed by atoms with Gasteiger partial charge in [0.1, 0.15) is 22.2 Å². The van der Waals surface area contributed by atoms with Crippen LogP contribution in [0.3, 0.4) is 0 Å². The number of fused-ring (bicyclic) bond motifs is 2. The molecule has 2 aromatic carbocycles. The first-order valence-electron chi connectivity index (χ1n) is 9.02. The molecule has 0 saturated carbocycles. The number of para-hydroxylation sites is 2. The van der Waals surface area contributed by atoms with Crippen LogP contribution >= 0.6 is 22.7 Å². The first-order chi connectivity index (χ1) is 14.1. The monoisotopic (exact) mass is 412 g/mol. The first kappa shape index (κ1) is 19.0. The highest BCUT2D eigenvalue weighted by Crippen LogP contribution is 2.33. The van der Waals surface area contributed by atoms with Gasteiger partial charge in [0.25, 0.3) is 0 Å². The van der Waals surface area contributed by atoms with Gasteiger partial charge in [-0.15, -0.1) is 22.7 Å². The number of benzene rings is 2. The third kappa shape index (κ3) is 3.69. The minimum absolute atomic E-state index is 0.525. The minimum atomic E-state index is 0.525. The van der Waals surface area contributed by atoms with Gasteiger partial charge in [0.05, 0.1) is 31.6 Å². The average Bonchev–Trinajstić information content (AvgIpc) is 3.32. The van der Waals surface area contributed by atoms with Crippen molar-refractivity contribution in [1.82, 2.24) is 9.97 Å². The number of rotatable bonds is 4. The van der Waals surface area contributed by atoms with E-state index in [0.29, 0.717) is 17.6 Å². The largest absolute Gasteiger partial charge is 0.235 e. The van der Waals surface area contributed by atoms with Gasteiger partial charge in [-0.25, -0.2) is 9.97 Å². The Labute approximate surface area is 176 Å². The van der Waals surface area contributed by atoms with Crippen molar-refractivity contribution in [1.29, 1.82) is 10.5 Å². The maximum Gasteiger partial charge on any atom is 0.135 e. The zero-order chi connectivity index (χ0) is 20.4. The zero-order valence-electron chi connectivity index (χ0n) is 15.9. The third-order valence-electron chi connectivity index (χ3n) is 4.62. The second-order valence-electron chi connectivity index (χ2n) is 6.68. The van der Waals surface area contributed by atoms with Crippen LogP contribution in [-0.4, -0.2) is 9.97 Å². The Balaban J connectivity index is 1.72. The van der Waals surface area contributed by atoms with Crippen LogP contribution in [0.2, 0.25) is 0 Å². The summed E-state index contributed by atoms with van der Waals surface area (Å²) in [5, 5.41) is 21.0. The van der Waals surface area contributed by atoms with Gasteiger partial charge in [0.15, 0.2) is 0 Å². The van der Waals surface area contributed by atoms with Gasteiger partial charge >= 0.3 is 0 Å². The number of nitriles is 2. The van der Waals surface area contributed by atoms with Gasteiger partial charge in [-0.2, -0.15) is 10.5 Å². The molecule has 2 aromatic heterocycles. The van der Waals surface area contributed by atoms with Crippen molar-refractivity contribution in [2.45, 2.75) is 20.3 Å². The molecule has 2 heterocycles. The van der Waals surface area contributed by atoms with E-state index in [0.717, 1.165) is 41.6 Å². The van der Waals surface area contributed by atoms with Gasteiger partial charge in [-0.05, 0) is 55.7 Å². The Hall–Kier alpha value is -3.32. The number of thiazole rings is 2. The summed E-state index contributed by atoms with van der Waals surface area (Å²) in [7, 11) is 0. The Bertz CT molecular complexity index is 1200. The zero-order valence-corrected chi connectivity index (χ0v) is 17.6. The lowest BCUT2D eigenvalue weighted by Crippen LogP contribution is -1.92. The van der Waals surface area contributed by atoms with Crippen molar-refractivity contribution < 1.29 is 0 Å². The predicted molar refractivity (Wildman–Crippen MR) is 120 cm³/mol. The van der Waals surface area contributed by atoms with E-state index in [1.54, 1.807) is 0 Å². The molecule has 0 unspecified atom stereocenters. The molecule has 0 aliphatic rings. The van der Waals surface area contributed by atoms with Gasteiger partial charge in [0.2, 0.25) is 0 Å². The molecule has 0 aliphatic carbocycles. The normalized spacial score (nSPS) is 13.0. The lowest BCUT2D eigenvalue weighted by molar-refractivity contribution is 1.11. The van der Waals surface area contributed by atoms with Crippen LogP contribution in [0.1, 0.15) is 30.3 Å². The van der Waals surface area contributed by atoms with E-state index < -0.39 is 0 Å². The highest BCUT2D eigenvalue weighted by molar-refractivity contribution is 7.20. The van der Waals surface area contributed by atoms with Crippen molar-refractivity contribution in [3.8, 4) is 12.1 Å². The standard InChI is InChI=1S/C23H16N4S2/c1-14(16(12-24)22-26-18-7-3-5-9-20(18)28-22)11-15(2)17(13-25)23-27-19-8-4-6-10-21(19)29-23/h3-10H,11H2,1-2H3/b16-14+,17-15+. The summed E-state index contributed by atoms with van der Waals surface area (Å²) in [5.41, 5.74) is 4.75. The highest BCUT2D eigenvalue weighted by Gasteiger charge is 2.15. The highest BCUT2D eigenvalue weighted by atomic mass is 32.1. The van der Waals surface area contributed by atoms with Crippen LogP contribution in [0.25, 0.3) is 31.6 Å². The molecule has 0 aliphatic heterocycles. The summed E-state index contributed by atoms with van der Waals surface area (Å²) in [6.45, 7) is 3.86. The fraction of sp³-hybridized carbons (Fsp3) is 0.130. The molecule has 0 bridgehead atoms. The van der Waals surface area contributed by atoms with E-state index in [9.17, 15) is 10.5 Å². The fourth-order valence-electron chi connectivity index (χ4n) is 3.18. The van der Waals surface area contributed by atoms with Crippen LogP contribution in [0.5, 0.6) is 0 Å². The number of hydrogen-bond donors (Lipinski definition) is 0. The smallest absolute Gasteiger partial charge is 0.135 e. The van der Waals surface area contributed by atoms with Crippen LogP contribution in [-0.2, 0) is 0 Å². The van der Waals surface area contributed by atoms with Crippen molar-refractivity contribution in [3.05, 3.63) is 69.7 Å². The fourth-order valence-corrected chi connectivity index (χ4v) is 5.26. The molecular formula is C23H16N4S2. The summed E-state index contributed by atoms with van der Waals surface area (Å²) < 4.78 is 2.12. The number of hydrogen-bond acceptors (Lipinski definition) is 6. The van der Waals surface area contributed by atoms with E-state index in [4.69, 9.17) is 0 Å². The molecule has 6 heteroatoms. The Morgan fingerprint density at radius 2 is 1.17 bits per heavy atom. The summed E-state index contributed by atoms with van der Waals surface area (Å²) in [4.78, 5) is 9.22. The first-order valence-corrected chi connectivity index (χ1v) is 10.7. The summed E-state index contributed by atoms with van der Waals surface area (Å²) in [6.07, 6.45) is 0.525. The number of aromatic nitrogens is 2. The van der Waals surface area contributed by atoms with Crippen LogP contribution < -0.4 is 0 Å². The van der Waals surface area contributed by atoms with E-state index in [2.05, 4.69) is 22.1 Å². The van der Waals surface area contributed by atoms with Gasteiger partial charge < -0.3 is 0 Å². The molecule has 4 nitrogen and oxygen atoms in total. The van der Waals surface area contributed by atoms with E-state index in [1.807, 2.05) is 62.4 Å². The molecule has 0 spiro atoms. The van der Waals surface area contributed by atoms with Crippen LogP contribution in [0.4, 0.5) is 0 Å². The van der Waals surface area contributed by atoms with Gasteiger partial charge in [0, 0.05) is 0 Å². The van der Waals surface area contributed by atoms with Crippen molar-refractivity contribution in [2.24, 2.45) is 0 Å². The molecular weight excluding hydrogens is 396 g/mol. The van der Waals surface area contributed by atoms with E-state index in [1.165, 1.54) is 22.7 Å². The van der Waals surface area contributed by atoms with Crippen LogP contribution in [0.15, 0.2) is 59.7 Å². The van der Waals surface area contributed by atoms with Crippen molar-refractivity contribution in [2.75, 3.05) is 0 Å². The van der Waals surface area contributed by atoms with Gasteiger partial charge in [-0.1, -0.05) is 24.3 Å². The summed E-state index contributed by atoms with van der Waals surface area (Å²) in [5.74, 6) is 0. The topological polar surface area (TPSA) is 73.4 Å². The lowest BCUT2D eigenvalue weighted by Gasteiger charge is -2.06. The predicted octanol–water partition coefficient (Wildman–Crippen LogP) is 6.59. The quantitative estimate of drug-likeness (QED) is 0.354. The minimum Gasteiger partial charge on any atom is -0.235 e. The van der Waals surface area contributed by atoms with Crippen molar-refractivity contribution in [3.63, 3.8) is 0 Å². The van der Waals surface area contributed by atoms with E-state index >= 15 is 0 Å². The molecule has 4 rings (SSSR count). The Kier molecular flexibility index (Phi) is 5.22. The maximum absolute atomic E-state index is 9.76. The van der Waals surface area contributed by atoms with Crippen LogP contribution in [0, 0.1) is 22.7 Å². The second kappa shape index (κ2) is 7.97. The summed E-state index contributed by atoms with van der Waals surface area (Å²) >= 11 is 3.03. The molecule has 4 aromatic rings. The number of allylic oxidation sites excluding steroid dienone is 4. The molecule has 0 radical (unpaired) electrons. The SMILES string of the molecule is C/C(C/C(C)=C(\C#N)c1nc2ccccc2s1)=C(/C#N)c1nc2ccccc2s1. The molecule has 0 saturated heterocycles. The maximum atomic E-state index is 9.76. The molecule has 29 heavy (non-hydrogen) atoms. The van der Waals surface area contributed by atoms with Gasteiger partial charge in [-0.3, -0.25) is 0 Å². The Morgan fingerprint density at radius 3 is 1.55 bits per heavy atom. The summed E-state index contributed by atoms with van der Waals surface area (Å²) in [6, 6.07) is 20.4. The van der Waals surface area contributed by atoms with Crippen molar-refractivity contribution >= 4 is 54.3 Å². The molecule has 0 N–H and O–H groups in total. The second-order valence-corrected chi connectivity index (χ2v) is 8.75. The Morgan fingerprint density at radius 1 is 0.759 bits per heavy atom. The average molecular weight is 413 g/mol. The third-order valence-corrected chi connectivity index (χ3v) is 6.73. The molecule has 0 atom stereocenters. The molecule has 0 amide bonds. The number of nitrogens with zero attached hydrogens (tertiary/aromatic N) is 4. The lowest BCUT2D eigenvalue weighted by atomic mass is 10.00. The molecule has 0 fully saturated rings. The molecule has 140 valence electrons. The van der Waals surface area contributed by atoms with E-state index in [-0.39, 0.29) is 0 Å².